The Labute approximate surface area is 194 Å². The van der Waals surface area contributed by atoms with E-state index in [4.69, 9.17) is 16.3 Å². The number of allylic oxidation sites excluding steroid dienone is 1. The highest BCUT2D eigenvalue weighted by Gasteiger charge is 2.30. The van der Waals surface area contributed by atoms with Gasteiger partial charge in [0.1, 0.15) is 23.1 Å². The van der Waals surface area contributed by atoms with E-state index in [-0.39, 0.29) is 26.9 Å². The Hall–Kier alpha value is -3.39. The molecule has 11 heteroatoms. The van der Waals surface area contributed by atoms with E-state index in [9.17, 15) is 23.6 Å². The first kappa shape index (κ1) is 22.8. The number of imidazole rings is 1. The van der Waals surface area contributed by atoms with Gasteiger partial charge in [0.15, 0.2) is 11.6 Å². The van der Waals surface area contributed by atoms with E-state index in [0.29, 0.717) is 24.1 Å². The number of aliphatic hydroxyl groups is 1. The van der Waals surface area contributed by atoms with Gasteiger partial charge in [-0.2, -0.15) is 9.57 Å². The summed E-state index contributed by atoms with van der Waals surface area (Å²) in [7, 11) is -3.84. The molecule has 0 bridgehead atoms. The average Bonchev–Trinajstić information content (AvgIpc) is 3.48. The monoisotopic (exact) mass is 486 g/mol. The molecule has 1 aliphatic heterocycles. The summed E-state index contributed by atoms with van der Waals surface area (Å²) < 4.78 is 32.1. The van der Waals surface area contributed by atoms with E-state index in [1.54, 1.807) is 24.3 Å². The highest BCUT2D eigenvalue weighted by molar-refractivity contribution is 7.89. The SMILES string of the molecule is N#C/C(=C(/O)COC(=O)c1ccc(Cl)c(S(=O)(=O)N2CCCC2)c1)c1nc2ccccc2[nH]1. The normalized spacial score (nSPS) is 15.3. The smallest absolute Gasteiger partial charge is 0.338 e. The number of hydrogen-bond donors (Lipinski definition) is 2. The zero-order valence-corrected chi connectivity index (χ0v) is 18.9. The number of aromatic amines is 1. The third kappa shape index (κ3) is 4.57. The molecule has 33 heavy (non-hydrogen) atoms. The lowest BCUT2D eigenvalue weighted by molar-refractivity contribution is 0.0502. The van der Waals surface area contributed by atoms with Crippen molar-refractivity contribution in [2.24, 2.45) is 0 Å². The van der Waals surface area contributed by atoms with Gasteiger partial charge >= 0.3 is 5.97 Å². The van der Waals surface area contributed by atoms with E-state index in [2.05, 4.69) is 9.97 Å². The minimum Gasteiger partial charge on any atom is -0.507 e. The van der Waals surface area contributed by atoms with Crippen molar-refractivity contribution in [1.82, 2.24) is 14.3 Å². The molecule has 1 fully saturated rings. The lowest BCUT2D eigenvalue weighted by atomic mass is 10.2. The van der Waals surface area contributed by atoms with Crippen molar-refractivity contribution < 1.29 is 23.1 Å². The van der Waals surface area contributed by atoms with Crippen LogP contribution in [0.4, 0.5) is 0 Å². The second-order valence-corrected chi connectivity index (χ2v) is 9.68. The van der Waals surface area contributed by atoms with Crippen LogP contribution in [0, 0.1) is 11.3 Å². The van der Waals surface area contributed by atoms with Gasteiger partial charge in [-0.1, -0.05) is 23.7 Å². The number of benzene rings is 2. The van der Waals surface area contributed by atoms with Crippen LogP contribution in [0.1, 0.15) is 29.0 Å². The van der Waals surface area contributed by atoms with E-state index in [1.807, 2.05) is 6.07 Å². The maximum absolute atomic E-state index is 12.9. The Morgan fingerprint density at radius 2 is 1.97 bits per heavy atom. The van der Waals surface area contributed by atoms with Crippen molar-refractivity contribution in [1.29, 1.82) is 5.26 Å². The molecule has 2 heterocycles. The summed E-state index contributed by atoms with van der Waals surface area (Å²) in [5, 5.41) is 19.8. The van der Waals surface area contributed by atoms with Crippen molar-refractivity contribution in [3.63, 3.8) is 0 Å². The number of sulfonamides is 1. The zero-order valence-electron chi connectivity index (χ0n) is 17.3. The fraction of sp³-hybridized carbons (Fsp3) is 0.227. The molecule has 2 N–H and O–H groups in total. The third-order valence-electron chi connectivity index (χ3n) is 5.22. The number of ether oxygens (including phenoxy) is 1. The summed E-state index contributed by atoms with van der Waals surface area (Å²) in [5.74, 6) is -1.24. The molecule has 0 radical (unpaired) electrons. The van der Waals surface area contributed by atoms with Crippen LogP contribution in [0.5, 0.6) is 0 Å². The number of H-pyrrole nitrogens is 1. The highest BCUT2D eigenvalue weighted by atomic mass is 35.5. The molecule has 0 atom stereocenters. The Kier molecular flexibility index (Phi) is 6.37. The van der Waals surface area contributed by atoms with Crippen LogP contribution in [0.2, 0.25) is 5.02 Å². The van der Waals surface area contributed by atoms with Crippen LogP contribution in [0.25, 0.3) is 16.6 Å². The van der Waals surface area contributed by atoms with Gasteiger partial charge in [-0.3, -0.25) is 0 Å². The van der Waals surface area contributed by atoms with Crippen LogP contribution < -0.4 is 0 Å². The average molecular weight is 487 g/mol. The zero-order chi connectivity index (χ0) is 23.6. The number of rotatable bonds is 6. The fourth-order valence-corrected chi connectivity index (χ4v) is 5.53. The molecule has 1 saturated heterocycles. The van der Waals surface area contributed by atoms with E-state index < -0.39 is 28.4 Å². The maximum atomic E-state index is 12.9. The number of fused-ring (bicyclic) bond motifs is 1. The minimum absolute atomic E-state index is 0.00200. The number of aliphatic hydroxyl groups excluding tert-OH is 1. The van der Waals surface area contributed by atoms with E-state index in [0.717, 1.165) is 18.9 Å². The van der Waals surface area contributed by atoms with Crippen molar-refractivity contribution in [3.05, 3.63) is 64.6 Å². The van der Waals surface area contributed by atoms with Gasteiger partial charge in [0, 0.05) is 13.1 Å². The Balaban J connectivity index is 1.54. The molecule has 0 spiro atoms. The van der Waals surface area contributed by atoms with Crippen LogP contribution in [-0.4, -0.2) is 53.5 Å². The molecular formula is C22H19ClN4O5S. The highest BCUT2D eigenvalue weighted by Crippen LogP contribution is 2.28. The number of halogens is 1. The second kappa shape index (κ2) is 9.23. The van der Waals surface area contributed by atoms with Gasteiger partial charge < -0.3 is 14.8 Å². The van der Waals surface area contributed by atoms with Gasteiger partial charge in [0.2, 0.25) is 10.0 Å². The van der Waals surface area contributed by atoms with Crippen molar-refractivity contribution >= 4 is 44.2 Å². The number of para-hydroxylation sites is 2. The van der Waals surface area contributed by atoms with Crippen LogP contribution >= 0.6 is 11.6 Å². The number of aromatic nitrogens is 2. The summed E-state index contributed by atoms with van der Waals surface area (Å²) in [5.41, 5.74) is 1.07. The number of nitriles is 1. The molecule has 1 aromatic heterocycles. The van der Waals surface area contributed by atoms with Crippen LogP contribution in [0.3, 0.4) is 0 Å². The molecule has 3 aromatic rings. The molecule has 170 valence electrons. The summed E-state index contributed by atoms with van der Waals surface area (Å²) >= 11 is 6.10. The number of carbonyl (C=O) groups excluding carboxylic acids is 1. The molecule has 0 unspecified atom stereocenters. The molecule has 4 rings (SSSR count). The Morgan fingerprint density at radius 1 is 1.24 bits per heavy atom. The van der Waals surface area contributed by atoms with E-state index >= 15 is 0 Å². The molecule has 9 nitrogen and oxygen atoms in total. The molecule has 1 aliphatic rings. The van der Waals surface area contributed by atoms with Gasteiger partial charge in [-0.15, -0.1) is 0 Å². The minimum atomic E-state index is -3.84. The number of hydrogen-bond acceptors (Lipinski definition) is 7. The van der Waals surface area contributed by atoms with Gasteiger partial charge in [-0.05, 0) is 43.2 Å². The van der Waals surface area contributed by atoms with Crippen molar-refractivity contribution in [3.8, 4) is 6.07 Å². The fourth-order valence-electron chi connectivity index (χ4n) is 3.51. The molecule has 0 aliphatic carbocycles. The number of esters is 1. The summed E-state index contributed by atoms with van der Waals surface area (Å²) in [4.78, 5) is 19.5. The first-order valence-corrected chi connectivity index (χ1v) is 11.9. The van der Waals surface area contributed by atoms with Crippen LogP contribution in [-0.2, 0) is 14.8 Å². The topological polar surface area (TPSA) is 136 Å². The van der Waals surface area contributed by atoms with Crippen LogP contribution in [0.15, 0.2) is 53.1 Å². The Morgan fingerprint density at radius 3 is 2.67 bits per heavy atom. The number of nitrogens with one attached hydrogen (secondary N) is 1. The maximum Gasteiger partial charge on any atom is 0.338 e. The van der Waals surface area contributed by atoms with Gasteiger partial charge in [0.05, 0.1) is 21.6 Å². The lowest BCUT2D eigenvalue weighted by Crippen LogP contribution is -2.28. The molecule has 2 aromatic carbocycles. The Bertz CT molecular complexity index is 1370. The third-order valence-corrected chi connectivity index (χ3v) is 7.60. The summed E-state index contributed by atoms with van der Waals surface area (Å²) in [6.07, 6.45) is 1.52. The standard InChI is InChI=1S/C22H19ClN4O5S/c23-16-8-7-14(11-20(16)33(30,31)27-9-3-4-10-27)22(29)32-13-19(28)15(12-24)21-25-17-5-1-2-6-18(17)26-21/h1-2,5-8,11,28H,3-4,9-10,13H2,(H,25,26)/b19-15-. The van der Waals surface area contributed by atoms with E-state index in [1.165, 1.54) is 16.4 Å². The first-order valence-electron chi connectivity index (χ1n) is 10.1. The molecule has 0 saturated carbocycles. The largest absolute Gasteiger partial charge is 0.507 e. The predicted octanol–water partition coefficient (Wildman–Crippen LogP) is 3.65. The summed E-state index contributed by atoms with van der Waals surface area (Å²) in [6, 6.07) is 12.8. The lowest BCUT2D eigenvalue weighted by Gasteiger charge is -2.17. The molecule has 0 amide bonds. The van der Waals surface area contributed by atoms with Gasteiger partial charge in [0.25, 0.3) is 0 Å². The quantitative estimate of drug-likeness (QED) is 0.308. The van der Waals surface area contributed by atoms with Crippen molar-refractivity contribution in [2.75, 3.05) is 19.7 Å². The number of carbonyl (C=O) groups is 1. The van der Waals surface area contributed by atoms with Crippen molar-refractivity contribution in [2.45, 2.75) is 17.7 Å². The predicted molar refractivity (Wildman–Crippen MR) is 121 cm³/mol. The first-order chi connectivity index (χ1) is 15.8. The van der Waals surface area contributed by atoms with Gasteiger partial charge in [-0.25, -0.2) is 18.2 Å². The summed E-state index contributed by atoms with van der Waals surface area (Å²) in [6.45, 7) is 0.186. The number of nitrogens with zero attached hydrogens (tertiary/aromatic N) is 3. The molecular weight excluding hydrogens is 468 g/mol. The second-order valence-electron chi connectivity index (χ2n) is 7.37.